The van der Waals surface area contributed by atoms with Crippen LogP contribution in [0.2, 0.25) is 0 Å². The molecule has 1 aromatic carbocycles. The summed E-state index contributed by atoms with van der Waals surface area (Å²) >= 11 is 0. The first-order valence-corrected chi connectivity index (χ1v) is 13.0. The van der Waals surface area contributed by atoms with Crippen molar-refractivity contribution < 1.29 is 14.3 Å². The molecule has 1 fully saturated rings. The minimum absolute atomic E-state index is 0.0489. The summed E-state index contributed by atoms with van der Waals surface area (Å²) in [5, 5.41) is 7.99. The van der Waals surface area contributed by atoms with Crippen molar-refractivity contribution in [1.29, 1.82) is 0 Å². The van der Waals surface area contributed by atoms with Crippen molar-refractivity contribution >= 4 is 28.8 Å². The molecule has 0 amide bonds. The molecule has 1 aliphatic heterocycles. The predicted octanol–water partition coefficient (Wildman–Crippen LogP) is 5.03. The molecule has 0 radical (unpaired) electrons. The maximum atomic E-state index is 12.3. The summed E-state index contributed by atoms with van der Waals surface area (Å²) in [6, 6.07) is 13.7. The molecule has 1 aliphatic carbocycles. The molecule has 3 aromatic rings. The van der Waals surface area contributed by atoms with Crippen molar-refractivity contribution in [2.45, 2.75) is 26.7 Å². The third-order valence-corrected chi connectivity index (χ3v) is 6.65. The number of aromatic nitrogens is 3. The molecule has 0 spiro atoms. The van der Waals surface area contributed by atoms with E-state index in [9.17, 15) is 4.79 Å². The number of ether oxygens (including phenoxy) is 2. The lowest BCUT2D eigenvalue weighted by atomic mass is 10.0. The summed E-state index contributed by atoms with van der Waals surface area (Å²) in [6.07, 6.45) is 10.4. The Labute approximate surface area is 217 Å². The molecule has 192 valence electrons. The molecule has 1 saturated heterocycles. The number of carbonyl (C=O) groups excluding carboxylic acids is 1. The van der Waals surface area contributed by atoms with Crippen molar-refractivity contribution in [3.05, 3.63) is 78.0 Å². The minimum atomic E-state index is -0.286. The van der Waals surface area contributed by atoms with Gasteiger partial charge in [-0.2, -0.15) is 4.98 Å². The Hall–Kier alpha value is -3.91. The molecule has 2 aromatic heterocycles. The number of carbonyl (C=O) groups is 1. The number of rotatable bonds is 9. The van der Waals surface area contributed by atoms with Gasteiger partial charge in [-0.05, 0) is 74.8 Å². The fourth-order valence-electron chi connectivity index (χ4n) is 4.62. The van der Waals surface area contributed by atoms with Crippen LogP contribution in [0, 0.1) is 5.92 Å². The monoisotopic (exact) mass is 499 g/mol. The van der Waals surface area contributed by atoms with E-state index in [1.165, 1.54) is 25.9 Å². The van der Waals surface area contributed by atoms with E-state index in [0.29, 0.717) is 24.7 Å². The molecule has 0 bridgehead atoms. The van der Waals surface area contributed by atoms with Crippen molar-refractivity contribution in [2.24, 2.45) is 5.92 Å². The van der Waals surface area contributed by atoms with Crippen LogP contribution in [0.25, 0.3) is 11.2 Å². The number of likely N-dealkylation sites (tertiary alicyclic amines) is 1. The molecule has 37 heavy (non-hydrogen) atoms. The van der Waals surface area contributed by atoms with Crippen LogP contribution in [-0.4, -0.2) is 58.3 Å². The molecule has 1 unspecified atom stereocenters. The number of hydrogen-bond acceptors (Lipinski definition) is 7. The first-order chi connectivity index (χ1) is 18.1. The summed E-state index contributed by atoms with van der Waals surface area (Å²) < 4.78 is 12.9. The van der Waals surface area contributed by atoms with Crippen molar-refractivity contribution in [2.75, 3.05) is 38.2 Å². The average molecular weight is 500 g/mol. The molecular formula is C29H33N5O3. The Morgan fingerprint density at radius 1 is 1.11 bits per heavy atom. The second-order valence-electron chi connectivity index (χ2n) is 9.28. The summed E-state index contributed by atoms with van der Waals surface area (Å²) in [7, 11) is 0. The standard InChI is InChI=1S/C29H33N5O3/c1-3-36-28(35)25-16-11-22(10-9-21(25)2)26-7-6-8-27-31-29(32-34(26)27)30-23-12-14-24(15-13-23)37-20-19-33-17-4-5-18-33/h6-16,21H,3-5,17-20H2,1-2H3,(H,30,32). The van der Waals surface area contributed by atoms with Gasteiger partial charge in [-0.1, -0.05) is 37.3 Å². The van der Waals surface area contributed by atoms with E-state index in [4.69, 9.17) is 14.6 Å². The highest BCUT2D eigenvalue weighted by Crippen LogP contribution is 2.26. The first-order valence-electron chi connectivity index (χ1n) is 13.0. The molecule has 1 atom stereocenters. The Balaban J connectivity index is 1.29. The highest BCUT2D eigenvalue weighted by Gasteiger charge is 2.18. The Kier molecular flexibility index (Phi) is 7.65. The van der Waals surface area contributed by atoms with Gasteiger partial charge in [0, 0.05) is 23.7 Å². The van der Waals surface area contributed by atoms with E-state index in [-0.39, 0.29) is 11.9 Å². The third kappa shape index (κ3) is 5.91. The number of nitrogens with one attached hydrogen (secondary N) is 1. The molecule has 5 rings (SSSR count). The smallest absolute Gasteiger partial charge is 0.334 e. The summed E-state index contributed by atoms with van der Waals surface area (Å²) in [6.45, 7) is 8.17. The van der Waals surface area contributed by atoms with Crippen molar-refractivity contribution in [3.63, 3.8) is 0 Å². The average Bonchev–Trinajstić information content (AvgIpc) is 3.52. The molecule has 8 heteroatoms. The van der Waals surface area contributed by atoms with Crippen LogP contribution in [0.1, 0.15) is 32.4 Å². The number of esters is 1. The number of allylic oxidation sites excluding steroid dienone is 5. The van der Waals surface area contributed by atoms with Crippen molar-refractivity contribution in [3.8, 4) is 5.75 Å². The molecule has 0 saturated carbocycles. The van der Waals surface area contributed by atoms with Gasteiger partial charge in [-0.25, -0.2) is 9.31 Å². The summed E-state index contributed by atoms with van der Waals surface area (Å²) in [5.74, 6) is 1.02. The zero-order chi connectivity index (χ0) is 25.6. The zero-order valence-electron chi connectivity index (χ0n) is 21.4. The molecule has 1 N–H and O–H groups in total. The highest BCUT2D eigenvalue weighted by molar-refractivity contribution is 5.91. The first kappa shape index (κ1) is 24.8. The van der Waals surface area contributed by atoms with Crippen LogP contribution in [0.15, 0.2) is 72.3 Å². The number of anilines is 2. The topological polar surface area (TPSA) is 81.0 Å². The summed E-state index contributed by atoms with van der Waals surface area (Å²) in [5.41, 5.74) is 4.05. The fourth-order valence-corrected chi connectivity index (χ4v) is 4.62. The zero-order valence-corrected chi connectivity index (χ0v) is 21.4. The van der Waals surface area contributed by atoms with Crippen molar-refractivity contribution in [1.82, 2.24) is 19.5 Å². The van der Waals surface area contributed by atoms with Gasteiger partial charge in [0.15, 0.2) is 5.65 Å². The second-order valence-corrected chi connectivity index (χ2v) is 9.28. The SMILES string of the molecule is CCOC(=O)C1=CC=C(c2cccc3nc(Nc4ccc(OCCN5CCCC5)cc4)nn23)C=CC1C. The van der Waals surface area contributed by atoms with Crippen LogP contribution in [0.5, 0.6) is 5.75 Å². The van der Waals surface area contributed by atoms with Gasteiger partial charge < -0.3 is 14.8 Å². The highest BCUT2D eigenvalue weighted by atomic mass is 16.5. The van der Waals surface area contributed by atoms with Gasteiger partial charge in [0.2, 0.25) is 5.95 Å². The third-order valence-electron chi connectivity index (χ3n) is 6.65. The van der Waals surface area contributed by atoms with Crippen LogP contribution in [0.4, 0.5) is 11.6 Å². The molecule has 3 heterocycles. The van der Waals surface area contributed by atoms with E-state index in [2.05, 4.69) is 15.2 Å². The van der Waals surface area contributed by atoms with Crippen LogP contribution in [-0.2, 0) is 9.53 Å². The maximum Gasteiger partial charge on any atom is 0.334 e. The molecule has 2 aliphatic rings. The van der Waals surface area contributed by atoms with E-state index in [0.717, 1.165) is 34.9 Å². The molecular weight excluding hydrogens is 466 g/mol. The largest absolute Gasteiger partial charge is 0.492 e. The number of hydrogen-bond donors (Lipinski definition) is 1. The van der Waals surface area contributed by atoms with Crippen LogP contribution in [0.3, 0.4) is 0 Å². The van der Waals surface area contributed by atoms with E-state index in [1.807, 2.05) is 85.1 Å². The normalized spacial score (nSPS) is 17.8. The number of pyridine rings is 1. The van der Waals surface area contributed by atoms with Gasteiger partial charge >= 0.3 is 5.97 Å². The van der Waals surface area contributed by atoms with Gasteiger partial charge in [0.25, 0.3) is 0 Å². The number of fused-ring (bicyclic) bond motifs is 1. The Bertz CT molecular complexity index is 1330. The summed E-state index contributed by atoms with van der Waals surface area (Å²) in [4.78, 5) is 19.4. The lowest BCUT2D eigenvalue weighted by Gasteiger charge is -2.15. The van der Waals surface area contributed by atoms with Gasteiger partial charge in [0.05, 0.1) is 12.3 Å². The van der Waals surface area contributed by atoms with E-state index in [1.54, 1.807) is 0 Å². The van der Waals surface area contributed by atoms with Gasteiger partial charge in [0.1, 0.15) is 12.4 Å². The number of nitrogens with zero attached hydrogens (tertiary/aromatic N) is 4. The van der Waals surface area contributed by atoms with Crippen LogP contribution < -0.4 is 10.1 Å². The number of benzene rings is 1. The predicted molar refractivity (Wildman–Crippen MR) is 145 cm³/mol. The Morgan fingerprint density at radius 3 is 2.70 bits per heavy atom. The van der Waals surface area contributed by atoms with E-state index >= 15 is 0 Å². The second kappa shape index (κ2) is 11.4. The molecule has 8 nitrogen and oxygen atoms in total. The maximum absolute atomic E-state index is 12.3. The lowest BCUT2D eigenvalue weighted by molar-refractivity contribution is -0.138. The lowest BCUT2D eigenvalue weighted by Crippen LogP contribution is -2.25. The quantitative estimate of drug-likeness (QED) is 0.414. The fraction of sp³-hybridized carbons (Fsp3) is 0.345. The van der Waals surface area contributed by atoms with Gasteiger partial charge in [-0.15, -0.1) is 5.10 Å². The minimum Gasteiger partial charge on any atom is -0.492 e. The van der Waals surface area contributed by atoms with Gasteiger partial charge in [-0.3, -0.25) is 4.90 Å². The Morgan fingerprint density at radius 2 is 1.92 bits per heavy atom. The van der Waals surface area contributed by atoms with Crippen LogP contribution >= 0.6 is 0 Å². The van der Waals surface area contributed by atoms with E-state index < -0.39 is 0 Å².